The molecule has 0 saturated carbocycles. The number of nitrogens with one attached hydrogen (secondary N) is 1. The number of H-pyrrole nitrogens is 1. The maximum atomic E-state index is 5.42. The molecule has 1 aromatic heterocycles. The van der Waals surface area contributed by atoms with Gasteiger partial charge < -0.3 is 4.98 Å². The van der Waals surface area contributed by atoms with Crippen molar-refractivity contribution in [2.75, 3.05) is 0 Å². The Hall–Kier alpha value is -2.27. The van der Waals surface area contributed by atoms with Crippen molar-refractivity contribution < 1.29 is 0 Å². The van der Waals surface area contributed by atoms with E-state index in [4.69, 9.17) is 6.42 Å². The summed E-state index contributed by atoms with van der Waals surface area (Å²) in [6.07, 6.45) is 9.24. The van der Waals surface area contributed by atoms with Crippen LogP contribution in [0.4, 0.5) is 0 Å². The van der Waals surface area contributed by atoms with Crippen LogP contribution >= 0.6 is 0 Å². The molecule has 0 bridgehead atoms. The van der Waals surface area contributed by atoms with Gasteiger partial charge >= 0.3 is 0 Å². The average Bonchev–Trinajstić information content (AvgIpc) is 2.74. The van der Waals surface area contributed by atoms with Gasteiger partial charge in [0.15, 0.2) is 0 Å². The quantitative estimate of drug-likeness (QED) is 0.755. The molecule has 0 aliphatic carbocycles. The Labute approximate surface area is 95.1 Å². The van der Waals surface area contributed by atoms with Crippen LogP contribution in [0, 0.1) is 12.3 Å². The van der Waals surface area contributed by atoms with E-state index in [-0.39, 0.29) is 0 Å². The molecule has 0 fully saturated rings. The normalized spacial score (nSPS) is 10.5. The van der Waals surface area contributed by atoms with Crippen LogP contribution in [0.3, 0.4) is 0 Å². The van der Waals surface area contributed by atoms with E-state index in [1.165, 1.54) is 0 Å². The maximum Gasteiger partial charge on any atom is 0.138 e. The predicted octanol–water partition coefficient (Wildman–Crippen LogP) is 3.09. The summed E-state index contributed by atoms with van der Waals surface area (Å²) in [6.45, 7) is 1.94. The summed E-state index contributed by atoms with van der Waals surface area (Å²) in [5.41, 5.74) is 2.57. The van der Waals surface area contributed by atoms with Crippen molar-refractivity contribution in [3.05, 3.63) is 47.8 Å². The zero-order valence-corrected chi connectivity index (χ0v) is 9.07. The van der Waals surface area contributed by atoms with Crippen LogP contribution in [0.2, 0.25) is 0 Å². The number of allylic oxidation sites excluding steroid dienone is 1. The van der Waals surface area contributed by atoms with Gasteiger partial charge in [-0.05, 0) is 13.0 Å². The summed E-state index contributed by atoms with van der Waals surface area (Å²) in [7, 11) is 0. The second kappa shape index (κ2) is 4.50. The fraction of sp³-hybridized carbons (Fsp3) is 0.0714. The number of aromatic amines is 1. The topological polar surface area (TPSA) is 28.7 Å². The van der Waals surface area contributed by atoms with Gasteiger partial charge in [-0.1, -0.05) is 42.3 Å². The fourth-order valence-electron chi connectivity index (χ4n) is 1.51. The van der Waals surface area contributed by atoms with Gasteiger partial charge in [-0.3, -0.25) is 0 Å². The third-order valence-corrected chi connectivity index (χ3v) is 2.25. The molecule has 0 amide bonds. The highest BCUT2D eigenvalue weighted by molar-refractivity contribution is 5.62. The van der Waals surface area contributed by atoms with Gasteiger partial charge in [0.1, 0.15) is 11.5 Å². The monoisotopic (exact) mass is 208 g/mol. The summed E-state index contributed by atoms with van der Waals surface area (Å²) >= 11 is 0. The maximum absolute atomic E-state index is 5.42. The van der Waals surface area contributed by atoms with Crippen LogP contribution in [0.25, 0.3) is 17.5 Å². The van der Waals surface area contributed by atoms with Gasteiger partial charge in [0.2, 0.25) is 0 Å². The van der Waals surface area contributed by atoms with Crippen molar-refractivity contribution in [2.24, 2.45) is 0 Å². The first kappa shape index (κ1) is 10.3. The summed E-state index contributed by atoms with van der Waals surface area (Å²) in [5.74, 6) is 3.41. The van der Waals surface area contributed by atoms with Crippen molar-refractivity contribution in [3.63, 3.8) is 0 Å². The minimum atomic E-state index is 0.719. The molecule has 1 aromatic carbocycles. The number of imidazole rings is 1. The van der Waals surface area contributed by atoms with E-state index < -0.39 is 0 Å². The van der Waals surface area contributed by atoms with Gasteiger partial charge in [0.05, 0.1) is 5.69 Å². The second-order valence-corrected chi connectivity index (χ2v) is 3.36. The zero-order valence-electron chi connectivity index (χ0n) is 9.07. The first-order chi connectivity index (χ1) is 7.85. The van der Waals surface area contributed by atoms with Crippen LogP contribution in [0.15, 0.2) is 36.4 Å². The van der Waals surface area contributed by atoms with Gasteiger partial charge in [0, 0.05) is 5.56 Å². The molecule has 0 aliphatic heterocycles. The predicted molar refractivity (Wildman–Crippen MR) is 66.7 cm³/mol. The Morgan fingerprint density at radius 1 is 1.31 bits per heavy atom. The lowest BCUT2D eigenvalue weighted by Gasteiger charge is -1.93. The lowest BCUT2D eigenvalue weighted by molar-refractivity contribution is 1.30. The first-order valence-corrected chi connectivity index (χ1v) is 5.10. The molecule has 0 saturated heterocycles. The highest BCUT2D eigenvalue weighted by Gasteiger charge is 2.06. The van der Waals surface area contributed by atoms with E-state index >= 15 is 0 Å². The number of rotatable bonds is 2. The first-order valence-electron chi connectivity index (χ1n) is 5.10. The third-order valence-electron chi connectivity index (χ3n) is 2.25. The SMILES string of the molecule is C#Cc1[nH]c(-c2ccccc2)nc1/C=C\C. The second-order valence-electron chi connectivity index (χ2n) is 3.36. The molecule has 78 valence electrons. The standard InChI is InChI=1S/C14H12N2/c1-3-8-13-12(4-2)15-14(16-13)11-9-6-5-7-10-11/h2-3,5-10H,1H3,(H,15,16)/b8-3-. The van der Waals surface area contributed by atoms with Crippen LogP contribution < -0.4 is 0 Å². The smallest absolute Gasteiger partial charge is 0.138 e. The van der Waals surface area contributed by atoms with Crippen LogP contribution in [0.5, 0.6) is 0 Å². The van der Waals surface area contributed by atoms with Crippen LogP contribution in [-0.4, -0.2) is 9.97 Å². The van der Waals surface area contributed by atoms with Gasteiger partial charge in [0.25, 0.3) is 0 Å². The van der Waals surface area contributed by atoms with Crippen molar-refractivity contribution in [1.29, 1.82) is 0 Å². The molecule has 0 atom stereocenters. The molecule has 2 nitrogen and oxygen atoms in total. The van der Waals surface area contributed by atoms with E-state index in [9.17, 15) is 0 Å². The third kappa shape index (κ3) is 1.89. The Kier molecular flexibility index (Phi) is 2.88. The lowest BCUT2D eigenvalue weighted by Crippen LogP contribution is -1.79. The Morgan fingerprint density at radius 3 is 2.69 bits per heavy atom. The van der Waals surface area contributed by atoms with E-state index in [1.54, 1.807) is 0 Å². The summed E-state index contributed by atoms with van der Waals surface area (Å²) in [4.78, 5) is 7.59. The number of terminal acetylenes is 1. The number of aromatic nitrogens is 2. The van der Waals surface area contributed by atoms with Gasteiger partial charge in [-0.25, -0.2) is 4.98 Å². The summed E-state index contributed by atoms with van der Waals surface area (Å²) in [5, 5.41) is 0. The molecule has 1 heterocycles. The largest absolute Gasteiger partial charge is 0.331 e. The van der Waals surface area contributed by atoms with Crippen molar-refractivity contribution in [3.8, 4) is 23.7 Å². The number of nitrogens with zero attached hydrogens (tertiary/aromatic N) is 1. The molecular weight excluding hydrogens is 196 g/mol. The van der Waals surface area contributed by atoms with Gasteiger partial charge in [-0.15, -0.1) is 6.42 Å². The molecule has 2 heteroatoms. The van der Waals surface area contributed by atoms with Crippen molar-refractivity contribution in [2.45, 2.75) is 6.92 Å². The molecule has 1 N–H and O–H groups in total. The summed E-state index contributed by atoms with van der Waals surface area (Å²) in [6, 6.07) is 9.92. The molecule has 0 radical (unpaired) electrons. The highest BCUT2D eigenvalue weighted by atomic mass is 14.9. The van der Waals surface area contributed by atoms with Crippen molar-refractivity contribution in [1.82, 2.24) is 9.97 Å². The molecule has 0 spiro atoms. The number of benzene rings is 1. The minimum absolute atomic E-state index is 0.719. The fourth-order valence-corrected chi connectivity index (χ4v) is 1.51. The highest BCUT2D eigenvalue weighted by Crippen LogP contribution is 2.18. The Bertz CT molecular complexity index is 542. The minimum Gasteiger partial charge on any atom is -0.331 e. The molecule has 0 unspecified atom stereocenters. The number of hydrogen-bond donors (Lipinski definition) is 1. The van der Waals surface area contributed by atoms with E-state index in [2.05, 4.69) is 15.9 Å². The van der Waals surface area contributed by atoms with E-state index in [0.29, 0.717) is 0 Å². The zero-order chi connectivity index (χ0) is 11.4. The van der Waals surface area contributed by atoms with Crippen LogP contribution in [0.1, 0.15) is 18.3 Å². The molecule has 2 rings (SSSR count). The molecular formula is C14H12N2. The lowest BCUT2D eigenvalue weighted by atomic mass is 10.2. The molecule has 0 aliphatic rings. The average molecular weight is 208 g/mol. The summed E-state index contributed by atoms with van der Waals surface area (Å²) < 4.78 is 0. The van der Waals surface area contributed by atoms with E-state index in [0.717, 1.165) is 22.8 Å². The Morgan fingerprint density at radius 2 is 2.06 bits per heavy atom. The molecule has 16 heavy (non-hydrogen) atoms. The Balaban J connectivity index is 2.49. The van der Waals surface area contributed by atoms with Crippen LogP contribution in [-0.2, 0) is 0 Å². The molecule has 2 aromatic rings. The van der Waals surface area contributed by atoms with Crippen molar-refractivity contribution >= 4 is 6.08 Å². The van der Waals surface area contributed by atoms with Gasteiger partial charge in [-0.2, -0.15) is 0 Å². The van der Waals surface area contributed by atoms with E-state index in [1.807, 2.05) is 49.4 Å². The number of hydrogen-bond acceptors (Lipinski definition) is 1.